The van der Waals surface area contributed by atoms with Gasteiger partial charge in [-0.25, -0.2) is 9.97 Å². The summed E-state index contributed by atoms with van der Waals surface area (Å²) < 4.78 is 21.8. The molecule has 1 aliphatic rings. The fraction of sp³-hybridized carbons (Fsp3) is 0.440. The van der Waals surface area contributed by atoms with Crippen molar-refractivity contribution in [3.05, 3.63) is 30.1 Å². The van der Waals surface area contributed by atoms with E-state index in [2.05, 4.69) is 15.3 Å². The largest absolute Gasteiger partial charge is 0.493 e. The van der Waals surface area contributed by atoms with Crippen LogP contribution in [0.15, 0.2) is 24.5 Å². The predicted molar refractivity (Wildman–Crippen MR) is 129 cm³/mol. The number of ketones is 1. The topological polar surface area (TPSA) is 125 Å². The zero-order chi connectivity index (χ0) is 25.3. The third-order valence-electron chi connectivity index (χ3n) is 5.93. The fourth-order valence-corrected chi connectivity index (χ4v) is 3.96. The highest BCUT2D eigenvalue weighted by Gasteiger charge is 2.35. The highest BCUT2D eigenvalue weighted by atomic mass is 16.6. The lowest BCUT2D eigenvalue weighted by Gasteiger charge is -2.20. The number of rotatable bonds is 7. The molecular weight excluding hydrogens is 452 g/mol. The molecule has 3 aromatic rings. The molecule has 2 N–H and O–H groups in total. The Labute approximate surface area is 203 Å². The number of hydrogen-bond donors (Lipinski definition) is 2. The van der Waals surface area contributed by atoms with E-state index >= 15 is 0 Å². The number of aromatic nitrogens is 3. The van der Waals surface area contributed by atoms with Gasteiger partial charge in [0.15, 0.2) is 29.2 Å². The Bertz CT molecular complexity index is 1240. The maximum Gasteiger partial charge on any atom is 0.312 e. The molecule has 10 heteroatoms. The second-order valence-electron chi connectivity index (χ2n) is 9.42. The summed E-state index contributed by atoms with van der Waals surface area (Å²) in [6, 6.07) is 3.56. The predicted octanol–water partition coefficient (Wildman–Crippen LogP) is 3.36. The number of H-pyrrole nitrogens is 1. The molecule has 0 spiro atoms. The average Bonchev–Trinajstić information content (AvgIpc) is 3.48. The van der Waals surface area contributed by atoms with Crippen LogP contribution in [0.25, 0.3) is 22.4 Å². The highest BCUT2D eigenvalue weighted by molar-refractivity contribution is 6.07. The van der Waals surface area contributed by atoms with E-state index in [4.69, 9.17) is 23.9 Å². The Morgan fingerprint density at radius 3 is 2.34 bits per heavy atom. The molecule has 2 aromatic heterocycles. The van der Waals surface area contributed by atoms with Crippen LogP contribution in [0, 0.1) is 11.3 Å². The Hall–Kier alpha value is -3.66. The van der Waals surface area contributed by atoms with Gasteiger partial charge in [0.25, 0.3) is 0 Å². The van der Waals surface area contributed by atoms with Gasteiger partial charge >= 0.3 is 5.97 Å². The number of fused-ring (bicyclic) bond motifs is 1. The molecule has 35 heavy (non-hydrogen) atoms. The molecular formula is C25H30N4O6. The molecule has 2 atom stereocenters. The van der Waals surface area contributed by atoms with Crippen molar-refractivity contribution in [1.82, 2.24) is 20.3 Å². The molecule has 10 nitrogen and oxygen atoms in total. The summed E-state index contributed by atoms with van der Waals surface area (Å²) >= 11 is 0. The summed E-state index contributed by atoms with van der Waals surface area (Å²) in [6.07, 6.45) is 3.14. The first-order valence-corrected chi connectivity index (χ1v) is 11.3. The summed E-state index contributed by atoms with van der Waals surface area (Å²) in [7, 11) is 4.62. The third kappa shape index (κ3) is 4.79. The number of hydrogen-bond acceptors (Lipinski definition) is 9. The first-order valence-electron chi connectivity index (χ1n) is 11.3. The Morgan fingerprint density at radius 2 is 1.74 bits per heavy atom. The quantitative estimate of drug-likeness (QED) is 0.385. The first kappa shape index (κ1) is 24.5. The smallest absolute Gasteiger partial charge is 0.312 e. The van der Waals surface area contributed by atoms with E-state index in [-0.39, 0.29) is 17.7 Å². The summed E-state index contributed by atoms with van der Waals surface area (Å²) in [5.41, 5.74) is 2.05. The van der Waals surface area contributed by atoms with E-state index < -0.39 is 11.6 Å². The molecule has 4 rings (SSSR count). The van der Waals surface area contributed by atoms with Crippen molar-refractivity contribution < 1.29 is 28.5 Å². The summed E-state index contributed by atoms with van der Waals surface area (Å²) in [6.45, 7) is 5.79. The molecule has 0 radical (unpaired) electrons. The number of nitrogens with one attached hydrogen (secondary N) is 2. The standard InChI is InChI=1S/C25H30N4O6/c1-25(2,3)24(31)35-19-9-14(10-26-19)21(30)15-11-27-23-20(15)29-16(12-28-23)13-7-17(32-4)22(34-6)18(8-13)33-5/h7-8,11-12,14,19,26H,9-10H2,1-6H3,(H,27,28). The summed E-state index contributed by atoms with van der Waals surface area (Å²) in [5, 5.41) is 3.12. The lowest BCUT2D eigenvalue weighted by atomic mass is 9.96. The molecule has 3 heterocycles. The van der Waals surface area contributed by atoms with Crippen LogP contribution >= 0.6 is 0 Å². The minimum atomic E-state index is -0.612. The van der Waals surface area contributed by atoms with Gasteiger partial charge in [-0.1, -0.05) is 0 Å². The van der Waals surface area contributed by atoms with Gasteiger partial charge in [-0.2, -0.15) is 0 Å². The zero-order valence-corrected chi connectivity index (χ0v) is 20.7. The summed E-state index contributed by atoms with van der Waals surface area (Å²) in [5.74, 6) is 0.702. The molecule has 0 amide bonds. The van der Waals surface area contributed by atoms with Crippen LogP contribution in [-0.4, -0.2) is 60.8 Å². The van der Waals surface area contributed by atoms with Gasteiger partial charge in [0, 0.05) is 30.6 Å². The van der Waals surface area contributed by atoms with Crippen molar-refractivity contribution in [3.63, 3.8) is 0 Å². The van der Waals surface area contributed by atoms with Gasteiger partial charge in [-0.05, 0) is 32.9 Å². The van der Waals surface area contributed by atoms with E-state index in [0.717, 1.165) is 0 Å². The first-order chi connectivity index (χ1) is 16.7. The van der Waals surface area contributed by atoms with Crippen LogP contribution in [0.1, 0.15) is 37.6 Å². The van der Waals surface area contributed by atoms with Crippen LogP contribution in [0.5, 0.6) is 17.2 Å². The second kappa shape index (κ2) is 9.53. The minimum Gasteiger partial charge on any atom is -0.493 e. The number of methoxy groups -OCH3 is 3. The van der Waals surface area contributed by atoms with E-state index in [9.17, 15) is 9.59 Å². The van der Waals surface area contributed by atoms with Crippen LogP contribution < -0.4 is 19.5 Å². The fourth-order valence-electron chi connectivity index (χ4n) is 3.96. The van der Waals surface area contributed by atoms with Gasteiger partial charge in [-0.15, -0.1) is 0 Å². The number of carbonyl (C=O) groups excluding carboxylic acids is 2. The lowest BCUT2D eigenvalue weighted by molar-refractivity contribution is -0.159. The molecule has 0 saturated carbocycles. The zero-order valence-electron chi connectivity index (χ0n) is 20.7. The van der Waals surface area contributed by atoms with Crippen molar-refractivity contribution in [2.45, 2.75) is 33.4 Å². The van der Waals surface area contributed by atoms with Crippen molar-refractivity contribution in [1.29, 1.82) is 0 Å². The van der Waals surface area contributed by atoms with Gasteiger partial charge in [-0.3, -0.25) is 14.9 Å². The van der Waals surface area contributed by atoms with Crippen molar-refractivity contribution in [2.24, 2.45) is 11.3 Å². The van der Waals surface area contributed by atoms with E-state index in [1.807, 2.05) is 0 Å². The average molecular weight is 483 g/mol. The number of carbonyl (C=O) groups is 2. The molecule has 186 valence electrons. The third-order valence-corrected chi connectivity index (χ3v) is 5.93. The second-order valence-corrected chi connectivity index (χ2v) is 9.42. The molecule has 2 unspecified atom stereocenters. The van der Waals surface area contributed by atoms with E-state index in [1.54, 1.807) is 59.5 Å². The number of esters is 1. The number of ether oxygens (including phenoxy) is 4. The van der Waals surface area contributed by atoms with Gasteiger partial charge in [0.05, 0.1) is 44.2 Å². The lowest BCUT2D eigenvalue weighted by Crippen LogP contribution is -2.33. The Balaban J connectivity index is 1.61. The van der Waals surface area contributed by atoms with Crippen LogP contribution in [0.3, 0.4) is 0 Å². The summed E-state index contributed by atoms with van der Waals surface area (Å²) in [4.78, 5) is 37.8. The van der Waals surface area contributed by atoms with Gasteiger partial charge in [0.2, 0.25) is 5.75 Å². The molecule has 1 aliphatic heterocycles. The number of nitrogens with zero attached hydrogens (tertiary/aromatic N) is 2. The molecule has 0 bridgehead atoms. The van der Waals surface area contributed by atoms with Gasteiger partial charge in [0.1, 0.15) is 5.52 Å². The highest BCUT2D eigenvalue weighted by Crippen LogP contribution is 2.41. The van der Waals surface area contributed by atoms with Crippen molar-refractivity contribution in [3.8, 4) is 28.5 Å². The molecule has 0 aliphatic carbocycles. The maximum atomic E-state index is 13.4. The Kier molecular flexibility index (Phi) is 6.66. The van der Waals surface area contributed by atoms with Gasteiger partial charge < -0.3 is 23.9 Å². The minimum absolute atomic E-state index is 0.0885. The van der Waals surface area contributed by atoms with Crippen LogP contribution in [-0.2, 0) is 9.53 Å². The number of Topliss-reactive ketones (excluding diaryl/α,β-unsaturated/α-hetero) is 1. The van der Waals surface area contributed by atoms with E-state index in [1.165, 1.54) is 7.11 Å². The Morgan fingerprint density at radius 1 is 1.06 bits per heavy atom. The monoisotopic (exact) mass is 482 g/mol. The number of benzene rings is 1. The SMILES string of the molecule is COc1cc(-c2cnc3[nH]cc(C(=O)C4CNC(OC(=O)C(C)(C)C)C4)c3n2)cc(OC)c1OC. The molecule has 1 fully saturated rings. The number of aromatic amines is 1. The van der Waals surface area contributed by atoms with Crippen LogP contribution in [0.4, 0.5) is 0 Å². The normalized spacial score (nSPS) is 17.9. The molecule has 1 saturated heterocycles. The van der Waals surface area contributed by atoms with Crippen LogP contribution in [0.2, 0.25) is 0 Å². The van der Waals surface area contributed by atoms with Crippen molar-refractivity contribution in [2.75, 3.05) is 27.9 Å². The van der Waals surface area contributed by atoms with Crippen molar-refractivity contribution >= 4 is 22.9 Å². The molecule has 1 aromatic carbocycles. The van der Waals surface area contributed by atoms with E-state index in [0.29, 0.717) is 58.2 Å². The maximum absolute atomic E-state index is 13.4.